The molecule has 0 aliphatic carbocycles. The van der Waals surface area contributed by atoms with Gasteiger partial charge in [0.1, 0.15) is 0 Å². The van der Waals surface area contributed by atoms with Gasteiger partial charge in [0.25, 0.3) is 12.1 Å². The lowest BCUT2D eigenvalue weighted by Crippen LogP contribution is -2.61. The number of carboxylic acid groups (broad SMARTS) is 1. The predicted molar refractivity (Wildman–Crippen MR) is 49.4 cm³/mol. The van der Waals surface area contributed by atoms with Crippen LogP contribution in [0.3, 0.4) is 0 Å². The van der Waals surface area contributed by atoms with Crippen molar-refractivity contribution in [2.24, 2.45) is 5.92 Å². The van der Waals surface area contributed by atoms with Crippen LogP contribution in [-0.4, -0.2) is 29.4 Å². The first kappa shape index (κ1) is 9.75. The summed E-state index contributed by atoms with van der Waals surface area (Å²) >= 11 is 0. The second-order valence-corrected chi connectivity index (χ2v) is 3.59. The van der Waals surface area contributed by atoms with Gasteiger partial charge in [-0.1, -0.05) is 0 Å². The molecule has 0 amide bonds. The molecule has 0 bridgehead atoms. The molecule has 82 valence electrons. The minimum Gasteiger partial charge on any atom is -0.481 e. The minimum absolute atomic E-state index is 0.244. The van der Waals surface area contributed by atoms with E-state index in [4.69, 9.17) is 15.4 Å². The molecule has 1 aliphatic rings. The second kappa shape index (κ2) is 3.76. The molecule has 15 heavy (non-hydrogen) atoms. The van der Waals surface area contributed by atoms with Crippen LogP contribution in [-0.2, 0) is 4.79 Å². The van der Waals surface area contributed by atoms with Crippen molar-refractivity contribution in [2.75, 3.05) is 23.8 Å². The summed E-state index contributed by atoms with van der Waals surface area (Å²) < 4.78 is 4.72. The number of nitrogen functional groups attached to an aromatic ring is 1. The van der Waals surface area contributed by atoms with E-state index in [1.807, 2.05) is 5.01 Å². The van der Waals surface area contributed by atoms with E-state index in [-0.39, 0.29) is 11.8 Å². The highest BCUT2D eigenvalue weighted by Gasteiger charge is 2.29. The van der Waals surface area contributed by atoms with E-state index < -0.39 is 5.97 Å². The molecule has 0 radical (unpaired) electrons. The topological polar surface area (TPSA) is 96.5 Å². The van der Waals surface area contributed by atoms with Crippen molar-refractivity contribution in [1.82, 2.24) is 5.27 Å². The highest BCUT2D eigenvalue weighted by molar-refractivity contribution is 5.70. The van der Waals surface area contributed by atoms with Crippen LogP contribution in [0.2, 0.25) is 0 Å². The molecule has 2 rings (SSSR count). The standard InChI is InChI=1S/C8H12N4O3/c9-7-5-12(10-15-7)11-3-1-6(2-4-11)8(13)14/h5-6H,1-4H2,(H2-,9,10,13,14)/p+1. The van der Waals surface area contributed by atoms with E-state index in [1.54, 1.807) is 6.20 Å². The number of aromatic nitrogens is 2. The Bertz CT molecular complexity index is 357. The first-order valence-corrected chi connectivity index (χ1v) is 4.79. The van der Waals surface area contributed by atoms with Gasteiger partial charge in [0.15, 0.2) is 0 Å². The molecule has 2 heterocycles. The van der Waals surface area contributed by atoms with Crippen molar-refractivity contribution in [3.63, 3.8) is 0 Å². The largest absolute Gasteiger partial charge is 0.481 e. The third kappa shape index (κ3) is 2.00. The number of hydrogen-bond donors (Lipinski definition) is 2. The van der Waals surface area contributed by atoms with E-state index >= 15 is 0 Å². The number of carboxylic acids is 1. The van der Waals surface area contributed by atoms with E-state index in [9.17, 15) is 4.79 Å². The summed E-state index contributed by atoms with van der Waals surface area (Å²) in [6.07, 6.45) is 2.81. The first-order valence-electron chi connectivity index (χ1n) is 4.79. The van der Waals surface area contributed by atoms with Crippen LogP contribution in [0.4, 0.5) is 5.88 Å². The second-order valence-electron chi connectivity index (χ2n) is 3.59. The molecule has 1 aromatic heterocycles. The van der Waals surface area contributed by atoms with Crippen LogP contribution in [0.5, 0.6) is 0 Å². The monoisotopic (exact) mass is 213 g/mol. The van der Waals surface area contributed by atoms with Crippen molar-refractivity contribution in [3.8, 4) is 0 Å². The number of hydrogen-bond acceptors (Lipinski definition) is 5. The molecule has 7 heteroatoms. The summed E-state index contributed by atoms with van der Waals surface area (Å²) in [6, 6.07) is 0. The van der Waals surface area contributed by atoms with Gasteiger partial charge < -0.3 is 10.8 Å². The normalized spacial score (nSPS) is 18.0. The van der Waals surface area contributed by atoms with Gasteiger partial charge in [-0.2, -0.15) is 5.01 Å². The molecule has 3 N–H and O–H groups in total. The lowest BCUT2D eigenvalue weighted by atomic mass is 9.98. The Labute approximate surface area is 86.0 Å². The molecule has 1 saturated heterocycles. The molecule has 0 atom stereocenters. The Hall–Kier alpha value is -1.79. The van der Waals surface area contributed by atoms with Gasteiger partial charge in [-0.3, -0.25) is 9.32 Å². The van der Waals surface area contributed by atoms with E-state index in [2.05, 4.69) is 5.27 Å². The average molecular weight is 213 g/mol. The van der Waals surface area contributed by atoms with Gasteiger partial charge in [-0.05, 0) is 12.8 Å². The fourth-order valence-electron chi connectivity index (χ4n) is 1.70. The van der Waals surface area contributed by atoms with E-state index in [0.717, 1.165) is 0 Å². The Morgan fingerprint density at radius 1 is 1.67 bits per heavy atom. The van der Waals surface area contributed by atoms with Crippen LogP contribution >= 0.6 is 0 Å². The highest BCUT2D eigenvalue weighted by Crippen LogP contribution is 2.14. The Balaban J connectivity index is 1.96. The van der Waals surface area contributed by atoms with E-state index in [0.29, 0.717) is 25.9 Å². The molecule has 0 unspecified atom stereocenters. The summed E-state index contributed by atoms with van der Waals surface area (Å²) in [7, 11) is 0. The van der Waals surface area contributed by atoms with Gasteiger partial charge in [0.2, 0.25) is 5.27 Å². The van der Waals surface area contributed by atoms with Crippen LogP contribution in [0.15, 0.2) is 10.7 Å². The highest BCUT2D eigenvalue weighted by atomic mass is 16.5. The number of nitrogens with zero attached hydrogens (tertiary/aromatic N) is 3. The molecule has 0 spiro atoms. The summed E-state index contributed by atoms with van der Waals surface area (Å²) in [4.78, 5) is 12.2. The molecular weight excluding hydrogens is 200 g/mol. The van der Waals surface area contributed by atoms with Crippen molar-refractivity contribution in [2.45, 2.75) is 12.8 Å². The number of carbonyl (C=O) groups is 1. The van der Waals surface area contributed by atoms with Gasteiger partial charge in [0, 0.05) is 0 Å². The average Bonchev–Trinajstić information content (AvgIpc) is 2.65. The number of nitrogens with two attached hydrogens (primary N) is 1. The van der Waals surface area contributed by atoms with Crippen LogP contribution in [0.1, 0.15) is 12.8 Å². The maximum absolute atomic E-state index is 10.7. The van der Waals surface area contributed by atoms with E-state index in [1.165, 1.54) is 4.79 Å². The molecule has 0 aromatic carbocycles. The predicted octanol–water partition coefficient (Wildman–Crippen LogP) is -1.02. The Morgan fingerprint density at radius 3 is 2.80 bits per heavy atom. The van der Waals surface area contributed by atoms with Crippen LogP contribution < -0.4 is 15.5 Å². The minimum atomic E-state index is -0.723. The van der Waals surface area contributed by atoms with Crippen molar-refractivity contribution >= 4 is 11.9 Å². The number of aliphatic carboxylic acids is 1. The smallest absolute Gasteiger partial charge is 0.306 e. The third-order valence-corrected chi connectivity index (χ3v) is 2.58. The summed E-state index contributed by atoms with van der Waals surface area (Å²) in [6.45, 7) is 1.29. The maximum atomic E-state index is 10.7. The van der Waals surface area contributed by atoms with Gasteiger partial charge in [-0.15, -0.1) is 0 Å². The van der Waals surface area contributed by atoms with Gasteiger partial charge >= 0.3 is 5.97 Å². The fourth-order valence-corrected chi connectivity index (χ4v) is 1.70. The first-order chi connectivity index (χ1) is 7.16. The zero-order valence-corrected chi connectivity index (χ0v) is 8.17. The van der Waals surface area contributed by atoms with Crippen LogP contribution in [0.25, 0.3) is 0 Å². The Morgan fingerprint density at radius 2 is 2.33 bits per heavy atom. The van der Waals surface area contributed by atoms with Crippen LogP contribution in [0, 0.1) is 5.92 Å². The van der Waals surface area contributed by atoms with Crippen molar-refractivity contribution in [1.29, 1.82) is 0 Å². The molecule has 1 aromatic rings. The quantitative estimate of drug-likeness (QED) is 0.610. The number of rotatable bonds is 2. The summed E-state index contributed by atoms with van der Waals surface area (Å²) in [5, 5.41) is 14.4. The molecule has 1 aliphatic heterocycles. The maximum Gasteiger partial charge on any atom is 0.306 e. The fraction of sp³-hybridized carbons (Fsp3) is 0.625. The summed E-state index contributed by atoms with van der Waals surface area (Å²) in [5.74, 6) is -0.722. The Kier molecular flexibility index (Phi) is 2.44. The molecular formula is C8H13N4O3+. The number of piperidine rings is 1. The lowest BCUT2D eigenvalue weighted by molar-refractivity contribution is -0.759. The lowest BCUT2D eigenvalue weighted by Gasteiger charge is -2.23. The van der Waals surface area contributed by atoms with Gasteiger partial charge in [0.05, 0.1) is 23.8 Å². The zero-order valence-electron chi connectivity index (χ0n) is 8.17. The molecule has 1 fully saturated rings. The summed E-state index contributed by atoms with van der Waals surface area (Å²) in [5.41, 5.74) is 5.39. The zero-order chi connectivity index (χ0) is 10.8. The van der Waals surface area contributed by atoms with Gasteiger partial charge in [-0.25, -0.2) is 0 Å². The number of anilines is 1. The molecule has 7 nitrogen and oxygen atoms in total. The van der Waals surface area contributed by atoms with Crippen molar-refractivity contribution in [3.05, 3.63) is 6.20 Å². The third-order valence-electron chi connectivity index (χ3n) is 2.58. The SMILES string of the molecule is Nc1c[n+](N2CCC(C(=O)O)CC2)no1. The molecule has 0 saturated carbocycles. The van der Waals surface area contributed by atoms with Crippen molar-refractivity contribution < 1.29 is 19.2 Å².